The van der Waals surface area contributed by atoms with E-state index in [1.807, 2.05) is 0 Å². The highest BCUT2D eigenvalue weighted by atomic mass is 19.4. The van der Waals surface area contributed by atoms with Crippen LogP contribution in [-0.4, -0.2) is 24.9 Å². The van der Waals surface area contributed by atoms with Crippen molar-refractivity contribution in [2.24, 2.45) is 0 Å². The molecule has 2 amide bonds. The lowest BCUT2D eigenvalue weighted by molar-refractivity contribution is -0.137. The maximum atomic E-state index is 12.9. The maximum Gasteiger partial charge on any atom is 0.418 e. The number of alkyl halides is 3. The van der Waals surface area contributed by atoms with Crippen LogP contribution in [0.2, 0.25) is 0 Å². The number of benzene rings is 2. The van der Waals surface area contributed by atoms with Gasteiger partial charge in [-0.1, -0.05) is 18.2 Å². The second-order valence-electron chi connectivity index (χ2n) is 5.39. The highest BCUT2D eigenvalue weighted by Gasteiger charge is 2.33. The minimum absolute atomic E-state index is 0.193. The van der Waals surface area contributed by atoms with Crippen molar-refractivity contribution in [2.75, 3.05) is 17.7 Å². The zero-order valence-electron chi connectivity index (χ0n) is 14.1. The first kappa shape index (κ1) is 20.0. The summed E-state index contributed by atoms with van der Waals surface area (Å²) < 4.78 is 43.3. The van der Waals surface area contributed by atoms with Crippen LogP contribution in [0, 0.1) is 0 Å². The Hall–Kier alpha value is -3.36. The predicted molar refractivity (Wildman–Crippen MR) is 91.1 cm³/mol. The van der Waals surface area contributed by atoms with Gasteiger partial charge in [-0.05, 0) is 30.3 Å². The van der Waals surface area contributed by atoms with Gasteiger partial charge in [0, 0.05) is 5.69 Å². The molecule has 0 fully saturated rings. The second-order valence-corrected chi connectivity index (χ2v) is 5.39. The molecule has 0 aliphatic rings. The van der Waals surface area contributed by atoms with E-state index in [9.17, 15) is 27.6 Å². The Bertz CT molecular complexity index is 866. The largest absolute Gasteiger partial charge is 0.465 e. The molecule has 0 saturated heterocycles. The van der Waals surface area contributed by atoms with Gasteiger partial charge in [0.05, 0.1) is 23.9 Å². The lowest BCUT2D eigenvalue weighted by atomic mass is 10.1. The van der Waals surface area contributed by atoms with Crippen molar-refractivity contribution in [1.29, 1.82) is 0 Å². The van der Waals surface area contributed by atoms with Crippen LogP contribution in [0.1, 0.15) is 22.3 Å². The van der Waals surface area contributed by atoms with Gasteiger partial charge >= 0.3 is 12.1 Å². The molecule has 0 saturated carbocycles. The Morgan fingerprint density at radius 2 is 1.63 bits per heavy atom. The van der Waals surface area contributed by atoms with Crippen molar-refractivity contribution >= 4 is 29.2 Å². The average molecular weight is 380 g/mol. The molecular formula is C18H15F3N2O4. The topological polar surface area (TPSA) is 84.5 Å². The van der Waals surface area contributed by atoms with Crippen LogP contribution in [0.5, 0.6) is 0 Å². The van der Waals surface area contributed by atoms with Crippen molar-refractivity contribution in [3.05, 3.63) is 59.7 Å². The SMILES string of the molecule is COC(=O)c1cccc(NC(=O)CC(=O)Nc2ccccc2C(F)(F)F)c1. The molecule has 2 aromatic carbocycles. The third kappa shape index (κ3) is 5.56. The monoisotopic (exact) mass is 380 g/mol. The Kier molecular flexibility index (Phi) is 6.17. The number of ether oxygens (including phenoxy) is 1. The summed E-state index contributed by atoms with van der Waals surface area (Å²) in [4.78, 5) is 35.3. The van der Waals surface area contributed by atoms with Crippen LogP contribution < -0.4 is 10.6 Å². The van der Waals surface area contributed by atoms with E-state index < -0.39 is 41.6 Å². The number of esters is 1. The van der Waals surface area contributed by atoms with Crippen LogP contribution in [0.4, 0.5) is 24.5 Å². The number of methoxy groups -OCH3 is 1. The summed E-state index contributed by atoms with van der Waals surface area (Å²) >= 11 is 0. The minimum Gasteiger partial charge on any atom is -0.465 e. The third-order valence-corrected chi connectivity index (χ3v) is 3.40. The van der Waals surface area contributed by atoms with Crippen LogP contribution in [0.15, 0.2) is 48.5 Å². The van der Waals surface area contributed by atoms with Gasteiger partial charge in [0.25, 0.3) is 0 Å². The molecule has 0 unspecified atom stereocenters. The lowest BCUT2D eigenvalue weighted by Crippen LogP contribution is -2.23. The fourth-order valence-electron chi connectivity index (χ4n) is 2.23. The maximum absolute atomic E-state index is 12.9. The van der Waals surface area contributed by atoms with E-state index in [1.165, 1.54) is 43.5 Å². The van der Waals surface area contributed by atoms with Crippen molar-refractivity contribution in [3.8, 4) is 0 Å². The molecule has 0 aliphatic heterocycles. The van der Waals surface area contributed by atoms with Gasteiger partial charge in [0.1, 0.15) is 6.42 Å². The van der Waals surface area contributed by atoms with Crippen LogP contribution in [0.3, 0.4) is 0 Å². The highest BCUT2D eigenvalue weighted by Crippen LogP contribution is 2.34. The van der Waals surface area contributed by atoms with E-state index >= 15 is 0 Å². The van der Waals surface area contributed by atoms with Crippen LogP contribution >= 0.6 is 0 Å². The van der Waals surface area contributed by atoms with E-state index in [0.29, 0.717) is 0 Å². The molecule has 0 heterocycles. The van der Waals surface area contributed by atoms with Gasteiger partial charge in [-0.15, -0.1) is 0 Å². The van der Waals surface area contributed by atoms with E-state index in [1.54, 1.807) is 0 Å². The third-order valence-electron chi connectivity index (χ3n) is 3.40. The number of hydrogen-bond acceptors (Lipinski definition) is 4. The van der Waals surface area contributed by atoms with Gasteiger partial charge in [0.2, 0.25) is 11.8 Å². The number of amides is 2. The van der Waals surface area contributed by atoms with E-state index in [4.69, 9.17) is 0 Å². The first-order valence-corrected chi connectivity index (χ1v) is 7.65. The number of hydrogen-bond donors (Lipinski definition) is 2. The van der Waals surface area contributed by atoms with Crippen molar-refractivity contribution in [3.63, 3.8) is 0 Å². The second kappa shape index (κ2) is 8.35. The molecular weight excluding hydrogens is 365 g/mol. The molecule has 2 aromatic rings. The smallest absolute Gasteiger partial charge is 0.418 e. The molecule has 0 bridgehead atoms. The first-order chi connectivity index (χ1) is 12.7. The first-order valence-electron chi connectivity index (χ1n) is 7.65. The number of carbonyl (C=O) groups is 3. The Morgan fingerprint density at radius 1 is 0.963 bits per heavy atom. The Labute approximate surface area is 152 Å². The molecule has 2 rings (SSSR count). The Balaban J connectivity index is 2.01. The Morgan fingerprint density at radius 3 is 2.30 bits per heavy atom. The summed E-state index contributed by atoms with van der Waals surface area (Å²) in [6.45, 7) is 0. The summed E-state index contributed by atoms with van der Waals surface area (Å²) in [5, 5.41) is 4.47. The molecule has 0 radical (unpaired) electrons. The predicted octanol–water partition coefficient (Wildman–Crippen LogP) is 3.46. The lowest BCUT2D eigenvalue weighted by Gasteiger charge is -2.13. The van der Waals surface area contributed by atoms with E-state index in [0.717, 1.165) is 12.1 Å². The number of halogens is 3. The number of anilines is 2. The molecule has 0 aliphatic carbocycles. The molecule has 9 heteroatoms. The summed E-state index contributed by atoms with van der Waals surface area (Å²) in [5.41, 5.74) is -1.01. The van der Waals surface area contributed by atoms with Gasteiger partial charge in [-0.2, -0.15) is 13.2 Å². The fraction of sp³-hybridized carbons (Fsp3) is 0.167. The van der Waals surface area contributed by atoms with Crippen molar-refractivity contribution in [2.45, 2.75) is 12.6 Å². The molecule has 0 aromatic heterocycles. The van der Waals surface area contributed by atoms with Crippen LogP contribution in [-0.2, 0) is 20.5 Å². The summed E-state index contributed by atoms with van der Waals surface area (Å²) in [7, 11) is 1.21. The zero-order chi connectivity index (χ0) is 20.0. The summed E-state index contributed by atoms with van der Waals surface area (Å²) in [6.07, 6.45) is -5.34. The molecule has 0 atom stereocenters. The molecule has 2 N–H and O–H groups in total. The average Bonchev–Trinajstić information content (AvgIpc) is 2.60. The summed E-state index contributed by atoms with van der Waals surface area (Å²) in [5.74, 6) is -2.26. The van der Waals surface area contributed by atoms with Crippen molar-refractivity contribution < 1.29 is 32.3 Å². The van der Waals surface area contributed by atoms with Gasteiger partial charge in [-0.3, -0.25) is 9.59 Å². The quantitative estimate of drug-likeness (QED) is 0.615. The normalized spacial score (nSPS) is 10.8. The molecule has 27 heavy (non-hydrogen) atoms. The van der Waals surface area contributed by atoms with Crippen LogP contribution in [0.25, 0.3) is 0 Å². The fourth-order valence-corrected chi connectivity index (χ4v) is 2.23. The van der Waals surface area contributed by atoms with Gasteiger partial charge < -0.3 is 15.4 Å². The van der Waals surface area contributed by atoms with Crippen molar-refractivity contribution in [1.82, 2.24) is 0 Å². The standard InChI is InChI=1S/C18H15F3N2O4/c1-27-17(26)11-5-4-6-12(9-11)22-15(24)10-16(25)23-14-8-3-2-7-13(14)18(19,20)21/h2-9H,10H2,1H3,(H,22,24)(H,23,25). The zero-order valence-corrected chi connectivity index (χ0v) is 14.1. The van der Waals surface area contributed by atoms with E-state index in [-0.39, 0.29) is 11.3 Å². The van der Waals surface area contributed by atoms with Gasteiger partial charge in [-0.25, -0.2) is 4.79 Å². The molecule has 0 spiro atoms. The number of nitrogens with one attached hydrogen (secondary N) is 2. The van der Waals surface area contributed by atoms with Gasteiger partial charge in [0.15, 0.2) is 0 Å². The minimum atomic E-state index is -4.64. The molecule has 142 valence electrons. The number of carbonyl (C=O) groups excluding carboxylic acids is 3. The molecule has 6 nitrogen and oxygen atoms in total. The number of para-hydroxylation sites is 1. The highest BCUT2D eigenvalue weighted by molar-refractivity contribution is 6.08. The van der Waals surface area contributed by atoms with E-state index in [2.05, 4.69) is 15.4 Å². The number of rotatable bonds is 5. The summed E-state index contributed by atoms with van der Waals surface area (Å²) in [6, 6.07) is 10.3.